The maximum absolute atomic E-state index is 13.6. The van der Waals surface area contributed by atoms with E-state index in [9.17, 15) is 27.2 Å². The number of nitrogens with zero attached hydrogens (tertiary/aromatic N) is 4. The van der Waals surface area contributed by atoms with Crippen molar-refractivity contribution in [3.63, 3.8) is 0 Å². The molecule has 1 unspecified atom stereocenters. The van der Waals surface area contributed by atoms with Crippen LogP contribution in [0.25, 0.3) is 5.69 Å². The monoisotopic (exact) mass is 538 g/mol. The molecular formula is C25H23ClF4N4O3. The highest BCUT2D eigenvalue weighted by Crippen LogP contribution is 2.35. The fourth-order valence-electron chi connectivity index (χ4n) is 3.89. The third-order valence-electron chi connectivity index (χ3n) is 5.95. The SMILES string of the molecule is CC(Oc1ccc(C(=O)N(C)C)c(Cl)c1C(=O)N1CCc2nn(-c3ccc(F)cc3)cc2C1)C(F)(F)F. The average Bonchev–Trinajstić information content (AvgIpc) is 3.26. The number of ether oxygens (including phenoxy) is 1. The Morgan fingerprint density at radius 1 is 1.14 bits per heavy atom. The molecule has 2 aromatic carbocycles. The van der Waals surface area contributed by atoms with Gasteiger partial charge in [0.2, 0.25) is 0 Å². The Balaban J connectivity index is 1.68. The molecule has 0 saturated carbocycles. The summed E-state index contributed by atoms with van der Waals surface area (Å²) in [4.78, 5) is 28.9. The highest BCUT2D eigenvalue weighted by molar-refractivity contribution is 6.37. The lowest BCUT2D eigenvalue weighted by Gasteiger charge is -2.28. The minimum Gasteiger partial charge on any atom is -0.480 e. The van der Waals surface area contributed by atoms with Crippen molar-refractivity contribution in [3.05, 3.63) is 75.8 Å². The van der Waals surface area contributed by atoms with Crippen LogP contribution in [0.2, 0.25) is 5.02 Å². The predicted octanol–water partition coefficient (Wildman–Crippen LogP) is 4.89. The van der Waals surface area contributed by atoms with Gasteiger partial charge in [-0.2, -0.15) is 18.3 Å². The van der Waals surface area contributed by atoms with Crippen molar-refractivity contribution < 1.29 is 31.9 Å². The van der Waals surface area contributed by atoms with E-state index in [1.807, 2.05) is 0 Å². The van der Waals surface area contributed by atoms with Gasteiger partial charge in [-0.25, -0.2) is 9.07 Å². The normalized spacial score (nSPS) is 14.2. The minimum absolute atomic E-state index is 0.0381. The van der Waals surface area contributed by atoms with E-state index >= 15 is 0 Å². The molecule has 7 nitrogen and oxygen atoms in total. The van der Waals surface area contributed by atoms with Crippen molar-refractivity contribution in [3.8, 4) is 11.4 Å². The van der Waals surface area contributed by atoms with Crippen LogP contribution in [0.3, 0.4) is 0 Å². The third kappa shape index (κ3) is 5.41. The van der Waals surface area contributed by atoms with Crippen LogP contribution >= 0.6 is 11.6 Å². The van der Waals surface area contributed by atoms with E-state index in [1.165, 1.54) is 42.1 Å². The van der Waals surface area contributed by atoms with Gasteiger partial charge >= 0.3 is 6.18 Å². The summed E-state index contributed by atoms with van der Waals surface area (Å²) < 4.78 is 59.6. The molecular weight excluding hydrogens is 516 g/mol. The van der Waals surface area contributed by atoms with E-state index in [4.69, 9.17) is 16.3 Å². The van der Waals surface area contributed by atoms with Gasteiger partial charge in [0.15, 0.2) is 6.10 Å². The van der Waals surface area contributed by atoms with Gasteiger partial charge in [-0.1, -0.05) is 11.6 Å². The summed E-state index contributed by atoms with van der Waals surface area (Å²) in [5, 5.41) is 4.22. The number of rotatable bonds is 5. The summed E-state index contributed by atoms with van der Waals surface area (Å²) in [6, 6.07) is 8.13. The van der Waals surface area contributed by atoms with Crippen LogP contribution in [-0.2, 0) is 13.0 Å². The molecule has 0 fully saturated rings. The van der Waals surface area contributed by atoms with Gasteiger partial charge in [-0.3, -0.25) is 9.59 Å². The largest absolute Gasteiger partial charge is 0.480 e. The number of alkyl halides is 3. The topological polar surface area (TPSA) is 67.7 Å². The quantitative estimate of drug-likeness (QED) is 0.434. The zero-order valence-electron chi connectivity index (χ0n) is 20.1. The van der Waals surface area contributed by atoms with Crippen LogP contribution in [0.4, 0.5) is 17.6 Å². The number of carbonyl (C=O) groups excluding carboxylic acids is 2. The van der Waals surface area contributed by atoms with E-state index in [1.54, 1.807) is 23.0 Å². The Labute approximate surface area is 215 Å². The van der Waals surface area contributed by atoms with Crippen LogP contribution in [0, 0.1) is 5.82 Å². The highest BCUT2D eigenvalue weighted by atomic mass is 35.5. The number of benzene rings is 2. The van der Waals surface area contributed by atoms with Crippen molar-refractivity contribution in [2.45, 2.75) is 32.2 Å². The summed E-state index contributed by atoms with van der Waals surface area (Å²) >= 11 is 6.46. The molecule has 0 spiro atoms. The van der Waals surface area contributed by atoms with E-state index in [2.05, 4.69) is 5.10 Å². The molecule has 0 saturated heterocycles. The average molecular weight is 539 g/mol. The Kier molecular flexibility index (Phi) is 7.18. The Hall–Kier alpha value is -3.60. The highest BCUT2D eigenvalue weighted by Gasteiger charge is 2.39. The van der Waals surface area contributed by atoms with Gasteiger partial charge < -0.3 is 14.5 Å². The minimum atomic E-state index is -4.68. The Morgan fingerprint density at radius 2 is 1.81 bits per heavy atom. The number of hydrogen-bond donors (Lipinski definition) is 0. The van der Waals surface area contributed by atoms with Crippen LogP contribution in [0.1, 0.15) is 38.9 Å². The molecule has 196 valence electrons. The van der Waals surface area contributed by atoms with Gasteiger partial charge in [0.05, 0.1) is 22.0 Å². The second-order valence-electron chi connectivity index (χ2n) is 8.80. The molecule has 2 amide bonds. The first-order valence-electron chi connectivity index (χ1n) is 11.3. The second kappa shape index (κ2) is 10.0. The summed E-state index contributed by atoms with van der Waals surface area (Å²) in [5.74, 6) is -1.95. The van der Waals surface area contributed by atoms with E-state index in [-0.39, 0.29) is 40.8 Å². The molecule has 0 radical (unpaired) electrons. The first-order chi connectivity index (χ1) is 17.4. The van der Waals surface area contributed by atoms with E-state index in [0.717, 1.165) is 18.7 Å². The molecule has 37 heavy (non-hydrogen) atoms. The number of carbonyl (C=O) groups is 2. The molecule has 2 heterocycles. The van der Waals surface area contributed by atoms with Crippen LogP contribution in [-0.4, -0.2) is 64.3 Å². The molecule has 0 bridgehead atoms. The standard InChI is InChI=1S/C25H23ClF4N4O3/c1-14(25(28,29)30)37-20-9-8-18(23(35)32(2)3)22(26)21(20)24(36)33-11-10-19-15(12-33)13-34(31-19)17-6-4-16(27)5-7-17/h4-9,13-14H,10-12H2,1-3H3. The van der Waals surface area contributed by atoms with Crippen LogP contribution in [0.5, 0.6) is 5.75 Å². The molecule has 0 N–H and O–H groups in total. The summed E-state index contributed by atoms with van der Waals surface area (Å²) in [6.07, 6.45) is -4.82. The smallest absolute Gasteiger partial charge is 0.425 e. The lowest BCUT2D eigenvalue weighted by Crippen LogP contribution is -2.37. The zero-order chi connectivity index (χ0) is 27.1. The predicted molar refractivity (Wildman–Crippen MR) is 128 cm³/mol. The molecule has 0 aliphatic carbocycles. The summed E-state index contributed by atoms with van der Waals surface area (Å²) in [5.41, 5.74) is 1.72. The number of hydrogen-bond acceptors (Lipinski definition) is 4. The molecule has 1 aliphatic rings. The van der Waals surface area contributed by atoms with Crippen LogP contribution < -0.4 is 4.74 Å². The molecule has 1 atom stereocenters. The molecule has 12 heteroatoms. The van der Waals surface area contributed by atoms with Gasteiger partial charge in [-0.05, 0) is 43.3 Å². The van der Waals surface area contributed by atoms with E-state index in [0.29, 0.717) is 17.7 Å². The van der Waals surface area contributed by atoms with Gasteiger partial charge in [-0.15, -0.1) is 0 Å². The van der Waals surface area contributed by atoms with Crippen LogP contribution in [0.15, 0.2) is 42.6 Å². The number of amides is 2. The summed E-state index contributed by atoms with van der Waals surface area (Å²) in [7, 11) is 2.97. The first kappa shape index (κ1) is 26.5. The van der Waals surface area contributed by atoms with Gasteiger partial charge in [0, 0.05) is 45.4 Å². The second-order valence-corrected chi connectivity index (χ2v) is 9.18. The van der Waals surface area contributed by atoms with Crippen molar-refractivity contribution >= 4 is 23.4 Å². The lowest BCUT2D eigenvalue weighted by molar-refractivity contribution is -0.189. The number of halogens is 5. The number of fused-ring (bicyclic) bond motifs is 1. The zero-order valence-corrected chi connectivity index (χ0v) is 20.9. The fourth-order valence-corrected chi connectivity index (χ4v) is 4.21. The van der Waals surface area contributed by atoms with E-state index < -0.39 is 24.1 Å². The third-order valence-corrected chi connectivity index (χ3v) is 6.35. The Bertz CT molecular complexity index is 1340. The first-order valence-corrected chi connectivity index (χ1v) is 11.6. The summed E-state index contributed by atoms with van der Waals surface area (Å²) in [6.45, 7) is 1.13. The van der Waals surface area contributed by atoms with Crippen molar-refractivity contribution in [2.24, 2.45) is 0 Å². The van der Waals surface area contributed by atoms with Crippen molar-refractivity contribution in [1.82, 2.24) is 19.6 Å². The maximum atomic E-state index is 13.6. The Morgan fingerprint density at radius 3 is 2.43 bits per heavy atom. The van der Waals surface area contributed by atoms with Crippen molar-refractivity contribution in [1.29, 1.82) is 0 Å². The number of aromatic nitrogens is 2. The fraction of sp³-hybridized carbons (Fsp3) is 0.320. The molecule has 1 aromatic heterocycles. The lowest BCUT2D eigenvalue weighted by atomic mass is 10.0. The molecule has 4 rings (SSSR count). The van der Waals surface area contributed by atoms with Crippen molar-refractivity contribution in [2.75, 3.05) is 20.6 Å². The molecule has 3 aromatic rings. The molecule has 1 aliphatic heterocycles. The van der Waals surface area contributed by atoms with Gasteiger partial charge in [0.25, 0.3) is 11.8 Å². The van der Waals surface area contributed by atoms with Gasteiger partial charge in [0.1, 0.15) is 17.1 Å². The maximum Gasteiger partial charge on any atom is 0.425 e.